The second-order valence-electron chi connectivity index (χ2n) is 4.16. The normalized spacial score (nSPS) is 16.9. The number of nitrogens with one attached hydrogen (secondary N) is 1. The average Bonchev–Trinajstić information content (AvgIpc) is 3.12. The summed E-state index contributed by atoms with van der Waals surface area (Å²) in [5.41, 5.74) is 0.683. The Morgan fingerprint density at radius 2 is 2.38 bits per heavy atom. The fourth-order valence-corrected chi connectivity index (χ4v) is 2.27. The molecule has 86 valence electrons. The number of carbonyl (C=O) groups excluding carboxylic acids is 1. The highest BCUT2D eigenvalue weighted by Crippen LogP contribution is 2.32. The van der Waals surface area contributed by atoms with Crippen LogP contribution in [0.15, 0.2) is 23.4 Å². The molecule has 1 atom stereocenters. The predicted octanol–water partition coefficient (Wildman–Crippen LogP) is 2.33. The Kier molecular flexibility index (Phi) is 3.49. The lowest BCUT2D eigenvalue weighted by Gasteiger charge is -2.13. The fraction of sp³-hybridized carbons (Fsp3) is 0.500. The molecule has 1 aliphatic carbocycles. The van der Waals surface area contributed by atoms with Crippen LogP contribution in [-0.2, 0) is 0 Å². The van der Waals surface area contributed by atoms with Crippen molar-refractivity contribution in [3.05, 3.63) is 23.9 Å². The quantitative estimate of drug-likeness (QED) is 0.816. The Labute approximate surface area is 100 Å². The van der Waals surface area contributed by atoms with Crippen LogP contribution in [0.1, 0.15) is 30.1 Å². The molecule has 1 N–H and O–H groups in total. The Morgan fingerprint density at radius 1 is 1.62 bits per heavy atom. The first-order valence-electron chi connectivity index (χ1n) is 5.52. The van der Waals surface area contributed by atoms with Gasteiger partial charge in [-0.25, -0.2) is 4.98 Å². The Bertz CT molecular complexity index is 390. The van der Waals surface area contributed by atoms with E-state index < -0.39 is 0 Å². The third kappa shape index (κ3) is 2.55. The minimum absolute atomic E-state index is 0.00292. The third-order valence-corrected chi connectivity index (χ3v) is 3.61. The molecule has 2 rings (SSSR count). The van der Waals surface area contributed by atoms with E-state index in [1.54, 1.807) is 12.3 Å². The summed E-state index contributed by atoms with van der Waals surface area (Å²) in [6.45, 7) is 2.07. The van der Waals surface area contributed by atoms with Gasteiger partial charge >= 0.3 is 0 Å². The smallest absolute Gasteiger partial charge is 0.254 e. The molecular formula is C12H16N2OS. The highest BCUT2D eigenvalue weighted by molar-refractivity contribution is 7.98. The summed E-state index contributed by atoms with van der Waals surface area (Å²) in [6, 6.07) is 3.91. The largest absolute Gasteiger partial charge is 0.349 e. The Morgan fingerprint density at radius 3 is 3.00 bits per heavy atom. The molecule has 0 aliphatic heterocycles. The lowest BCUT2D eigenvalue weighted by atomic mass is 10.2. The van der Waals surface area contributed by atoms with Gasteiger partial charge in [0.05, 0.1) is 5.56 Å². The van der Waals surface area contributed by atoms with Gasteiger partial charge in [-0.2, -0.15) is 0 Å². The first-order valence-corrected chi connectivity index (χ1v) is 6.74. The van der Waals surface area contributed by atoms with Crippen molar-refractivity contribution < 1.29 is 4.79 Å². The zero-order valence-corrected chi connectivity index (χ0v) is 10.4. The summed E-state index contributed by atoms with van der Waals surface area (Å²) in [4.78, 5) is 16.2. The molecule has 1 amide bonds. The van der Waals surface area contributed by atoms with E-state index in [4.69, 9.17) is 0 Å². The zero-order chi connectivity index (χ0) is 11.5. The van der Waals surface area contributed by atoms with Crippen LogP contribution in [-0.4, -0.2) is 23.2 Å². The van der Waals surface area contributed by atoms with Gasteiger partial charge in [0.15, 0.2) is 0 Å². The summed E-state index contributed by atoms with van der Waals surface area (Å²) < 4.78 is 0. The van der Waals surface area contributed by atoms with Crippen molar-refractivity contribution in [2.24, 2.45) is 5.92 Å². The summed E-state index contributed by atoms with van der Waals surface area (Å²) in [5.74, 6) is 0.676. The van der Waals surface area contributed by atoms with E-state index in [0.717, 1.165) is 5.03 Å². The number of amides is 1. The van der Waals surface area contributed by atoms with E-state index in [9.17, 15) is 4.79 Å². The molecule has 3 nitrogen and oxygen atoms in total. The monoisotopic (exact) mass is 236 g/mol. The molecule has 0 bridgehead atoms. The first kappa shape index (κ1) is 11.5. The van der Waals surface area contributed by atoms with Gasteiger partial charge in [0.2, 0.25) is 0 Å². The van der Waals surface area contributed by atoms with Gasteiger partial charge in [-0.05, 0) is 44.1 Å². The van der Waals surface area contributed by atoms with Crippen LogP contribution < -0.4 is 5.32 Å². The van der Waals surface area contributed by atoms with Crippen molar-refractivity contribution in [2.75, 3.05) is 6.26 Å². The predicted molar refractivity (Wildman–Crippen MR) is 65.7 cm³/mol. The van der Waals surface area contributed by atoms with E-state index in [0.29, 0.717) is 11.5 Å². The molecule has 1 saturated carbocycles. The topological polar surface area (TPSA) is 42.0 Å². The number of pyridine rings is 1. The van der Waals surface area contributed by atoms with Gasteiger partial charge in [0.25, 0.3) is 5.91 Å². The van der Waals surface area contributed by atoms with Crippen LogP contribution in [0.25, 0.3) is 0 Å². The molecule has 0 spiro atoms. The molecule has 1 heterocycles. The van der Waals surface area contributed by atoms with Crippen LogP contribution in [0.4, 0.5) is 0 Å². The molecule has 0 radical (unpaired) electrons. The summed E-state index contributed by atoms with van der Waals surface area (Å²) in [5, 5.41) is 3.83. The standard InChI is InChI=1S/C12H16N2OS/c1-8(9-5-6-9)14-11(15)10-4-3-7-13-12(10)16-2/h3-4,7-9H,5-6H2,1-2H3,(H,14,15)/t8-/m1/s1. The number of nitrogens with zero attached hydrogens (tertiary/aromatic N) is 1. The number of rotatable bonds is 4. The molecule has 0 unspecified atom stereocenters. The third-order valence-electron chi connectivity index (χ3n) is 2.90. The molecule has 4 heteroatoms. The van der Waals surface area contributed by atoms with E-state index in [1.165, 1.54) is 24.6 Å². The molecule has 1 aromatic heterocycles. The Hall–Kier alpha value is -1.03. The summed E-state index contributed by atoms with van der Waals surface area (Å²) in [7, 11) is 0. The van der Waals surface area contributed by atoms with Gasteiger partial charge in [0, 0.05) is 12.2 Å². The van der Waals surface area contributed by atoms with Gasteiger partial charge < -0.3 is 5.32 Å². The van der Waals surface area contributed by atoms with Crippen LogP contribution in [0.2, 0.25) is 0 Å². The maximum atomic E-state index is 12.0. The van der Waals surface area contributed by atoms with Crippen molar-refractivity contribution in [1.82, 2.24) is 10.3 Å². The van der Waals surface area contributed by atoms with E-state index >= 15 is 0 Å². The molecule has 0 saturated heterocycles. The number of carbonyl (C=O) groups is 1. The van der Waals surface area contributed by atoms with Gasteiger partial charge in [0.1, 0.15) is 5.03 Å². The second kappa shape index (κ2) is 4.87. The number of aromatic nitrogens is 1. The number of thioether (sulfide) groups is 1. The van der Waals surface area contributed by atoms with Crippen molar-refractivity contribution >= 4 is 17.7 Å². The average molecular weight is 236 g/mol. The van der Waals surface area contributed by atoms with Crippen molar-refractivity contribution in [1.29, 1.82) is 0 Å². The number of hydrogen-bond acceptors (Lipinski definition) is 3. The van der Waals surface area contributed by atoms with Crippen molar-refractivity contribution in [3.8, 4) is 0 Å². The fourth-order valence-electron chi connectivity index (χ4n) is 1.72. The molecule has 0 aromatic carbocycles. The maximum Gasteiger partial charge on any atom is 0.254 e. The molecule has 1 aromatic rings. The highest BCUT2D eigenvalue weighted by atomic mass is 32.2. The minimum atomic E-state index is -0.00292. The van der Waals surface area contributed by atoms with Crippen LogP contribution in [0.5, 0.6) is 0 Å². The van der Waals surface area contributed by atoms with Crippen molar-refractivity contribution in [3.63, 3.8) is 0 Å². The first-order chi connectivity index (χ1) is 7.72. The van der Waals surface area contributed by atoms with E-state index in [-0.39, 0.29) is 11.9 Å². The molecule has 1 aliphatic rings. The molecule has 16 heavy (non-hydrogen) atoms. The summed E-state index contributed by atoms with van der Waals surface area (Å²) in [6.07, 6.45) is 6.13. The lowest BCUT2D eigenvalue weighted by molar-refractivity contribution is 0.0932. The van der Waals surface area contributed by atoms with Crippen molar-refractivity contribution in [2.45, 2.75) is 30.8 Å². The lowest BCUT2D eigenvalue weighted by Crippen LogP contribution is -2.34. The highest BCUT2D eigenvalue weighted by Gasteiger charge is 2.29. The van der Waals surface area contributed by atoms with Crippen LogP contribution in [0, 0.1) is 5.92 Å². The van der Waals surface area contributed by atoms with Crippen LogP contribution >= 0.6 is 11.8 Å². The molecular weight excluding hydrogens is 220 g/mol. The van der Waals surface area contributed by atoms with Gasteiger partial charge in [-0.15, -0.1) is 11.8 Å². The maximum absolute atomic E-state index is 12.0. The zero-order valence-electron chi connectivity index (χ0n) is 9.56. The van der Waals surface area contributed by atoms with E-state index in [2.05, 4.69) is 17.2 Å². The van der Waals surface area contributed by atoms with Gasteiger partial charge in [-0.3, -0.25) is 4.79 Å². The Balaban J connectivity index is 2.07. The van der Waals surface area contributed by atoms with E-state index in [1.807, 2.05) is 12.3 Å². The SMILES string of the molecule is CSc1ncccc1C(=O)N[C@H](C)C1CC1. The van der Waals surface area contributed by atoms with Gasteiger partial charge in [-0.1, -0.05) is 0 Å². The number of hydrogen-bond donors (Lipinski definition) is 1. The minimum Gasteiger partial charge on any atom is -0.349 e. The molecule has 1 fully saturated rings. The van der Waals surface area contributed by atoms with Crippen LogP contribution in [0.3, 0.4) is 0 Å². The summed E-state index contributed by atoms with van der Waals surface area (Å²) >= 11 is 1.50. The second-order valence-corrected chi connectivity index (χ2v) is 4.95.